The van der Waals surface area contributed by atoms with Crippen molar-refractivity contribution in [2.24, 2.45) is 0 Å². The van der Waals surface area contributed by atoms with Crippen molar-refractivity contribution in [1.29, 1.82) is 0 Å². The molecule has 0 spiro atoms. The SMILES string of the molecule is O=C(Cc1n[nH]c(=O)c2cc(-c3ccc(F)cc3)nn12)NCc1ccc(F)cc1Cl. The normalized spacial score (nSPS) is 11.0. The minimum absolute atomic E-state index is 0.102. The summed E-state index contributed by atoms with van der Waals surface area (Å²) >= 11 is 5.96. The number of H-pyrrole nitrogens is 1. The maximum Gasteiger partial charge on any atom is 0.290 e. The Hall–Kier alpha value is -3.59. The van der Waals surface area contributed by atoms with E-state index in [1.54, 1.807) is 0 Å². The van der Waals surface area contributed by atoms with Gasteiger partial charge in [0.1, 0.15) is 17.2 Å². The quantitative estimate of drug-likeness (QED) is 0.510. The monoisotopic (exact) mass is 429 g/mol. The van der Waals surface area contributed by atoms with Crippen molar-refractivity contribution in [3.63, 3.8) is 0 Å². The smallest absolute Gasteiger partial charge is 0.290 e. The van der Waals surface area contributed by atoms with Crippen LogP contribution in [-0.2, 0) is 17.8 Å². The number of aromatic amines is 1. The van der Waals surface area contributed by atoms with E-state index in [0.717, 1.165) is 6.07 Å². The summed E-state index contributed by atoms with van der Waals surface area (Å²) in [5, 5.41) is 13.5. The van der Waals surface area contributed by atoms with E-state index in [1.165, 1.54) is 47.0 Å². The molecular weight excluding hydrogens is 416 g/mol. The summed E-state index contributed by atoms with van der Waals surface area (Å²) in [7, 11) is 0. The summed E-state index contributed by atoms with van der Waals surface area (Å²) < 4.78 is 27.6. The van der Waals surface area contributed by atoms with Crippen LogP contribution in [0.25, 0.3) is 16.8 Å². The maximum absolute atomic E-state index is 13.2. The number of fused-ring (bicyclic) bond motifs is 1. The van der Waals surface area contributed by atoms with E-state index in [-0.39, 0.29) is 35.1 Å². The van der Waals surface area contributed by atoms with Crippen molar-refractivity contribution in [1.82, 2.24) is 25.1 Å². The van der Waals surface area contributed by atoms with Crippen molar-refractivity contribution in [2.45, 2.75) is 13.0 Å². The first kappa shape index (κ1) is 19.7. The fraction of sp³-hybridized carbons (Fsp3) is 0.100. The number of hydrogen-bond donors (Lipinski definition) is 2. The molecule has 0 bridgehead atoms. The first-order valence-electron chi connectivity index (χ1n) is 8.84. The van der Waals surface area contributed by atoms with E-state index in [1.807, 2.05) is 0 Å². The number of nitrogens with zero attached hydrogens (tertiary/aromatic N) is 3. The molecule has 0 unspecified atom stereocenters. The molecule has 0 aliphatic carbocycles. The van der Waals surface area contributed by atoms with Gasteiger partial charge >= 0.3 is 0 Å². The molecular formula is C20H14ClF2N5O2. The van der Waals surface area contributed by atoms with E-state index in [4.69, 9.17) is 11.6 Å². The number of aromatic nitrogens is 4. The van der Waals surface area contributed by atoms with Crippen LogP contribution >= 0.6 is 11.6 Å². The molecule has 0 saturated heterocycles. The highest BCUT2D eigenvalue weighted by atomic mass is 35.5. The van der Waals surface area contributed by atoms with Crippen LogP contribution in [0, 0.1) is 11.6 Å². The maximum atomic E-state index is 13.2. The third-order valence-corrected chi connectivity index (χ3v) is 4.77. The Morgan fingerprint density at radius 2 is 1.83 bits per heavy atom. The first-order chi connectivity index (χ1) is 14.4. The number of halogens is 3. The van der Waals surface area contributed by atoms with Gasteiger partial charge in [-0.05, 0) is 48.0 Å². The Bertz CT molecular complexity index is 1300. The molecule has 4 rings (SSSR count). The summed E-state index contributed by atoms with van der Waals surface area (Å²) in [6.45, 7) is 0.102. The molecule has 2 aromatic carbocycles. The Morgan fingerprint density at radius 3 is 2.57 bits per heavy atom. The van der Waals surface area contributed by atoms with Gasteiger partial charge in [0, 0.05) is 17.1 Å². The average molecular weight is 430 g/mol. The summed E-state index contributed by atoms with van der Waals surface area (Å²) in [5.41, 5.74) is 1.34. The van der Waals surface area contributed by atoms with Crippen molar-refractivity contribution < 1.29 is 13.6 Å². The predicted octanol–water partition coefficient (Wildman–Crippen LogP) is 2.88. The average Bonchev–Trinajstić information content (AvgIpc) is 3.17. The highest BCUT2D eigenvalue weighted by Crippen LogP contribution is 2.19. The lowest BCUT2D eigenvalue weighted by Gasteiger charge is -2.07. The van der Waals surface area contributed by atoms with E-state index < -0.39 is 17.3 Å². The molecule has 0 fully saturated rings. The number of nitrogens with one attached hydrogen (secondary N) is 2. The molecule has 2 heterocycles. The second-order valence-electron chi connectivity index (χ2n) is 6.49. The second-order valence-corrected chi connectivity index (χ2v) is 6.90. The van der Waals surface area contributed by atoms with Gasteiger partial charge in [0.25, 0.3) is 5.56 Å². The van der Waals surface area contributed by atoms with Crippen molar-refractivity contribution in [2.75, 3.05) is 0 Å². The number of amides is 1. The molecule has 0 atom stereocenters. The lowest BCUT2D eigenvalue weighted by molar-refractivity contribution is -0.120. The molecule has 1 amide bonds. The molecule has 4 aromatic rings. The minimum atomic E-state index is -0.474. The number of benzene rings is 2. The Balaban J connectivity index is 1.56. The van der Waals surface area contributed by atoms with Crippen molar-refractivity contribution in [3.05, 3.63) is 86.9 Å². The fourth-order valence-electron chi connectivity index (χ4n) is 2.90. The van der Waals surface area contributed by atoms with Crippen LogP contribution in [0.15, 0.2) is 53.3 Å². The van der Waals surface area contributed by atoms with E-state index in [0.29, 0.717) is 16.8 Å². The number of carbonyl (C=O) groups is 1. The van der Waals surface area contributed by atoms with E-state index in [9.17, 15) is 18.4 Å². The van der Waals surface area contributed by atoms with Gasteiger partial charge in [0.05, 0.1) is 12.1 Å². The van der Waals surface area contributed by atoms with Crippen LogP contribution < -0.4 is 10.9 Å². The molecule has 0 saturated carbocycles. The first-order valence-corrected chi connectivity index (χ1v) is 9.22. The molecule has 152 valence electrons. The predicted molar refractivity (Wildman–Crippen MR) is 106 cm³/mol. The lowest BCUT2D eigenvalue weighted by atomic mass is 10.1. The minimum Gasteiger partial charge on any atom is -0.352 e. The van der Waals surface area contributed by atoms with Crippen LogP contribution in [-0.4, -0.2) is 25.7 Å². The van der Waals surface area contributed by atoms with Gasteiger partial charge in [-0.15, -0.1) is 0 Å². The molecule has 0 aliphatic heterocycles. The van der Waals surface area contributed by atoms with Crippen molar-refractivity contribution >= 4 is 23.0 Å². The van der Waals surface area contributed by atoms with Gasteiger partial charge in [-0.1, -0.05) is 17.7 Å². The summed E-state index contributed by atoms with van der Waals surface area (Å²) in [6, 6.07) is 11.1. The van der Waals surface area contributed by atoms with Crippen LogP contribution in [0.2, 0.25) is 5.02 Å². The third-order valence-electron chi connectivity index (χ3n) is 4.42. The van der Waals surface area contributed by atoms with Gasteiger partial charge in [-0.2, -0.15) is 10.2 Å². The van der Waals surface area contributed by atoms with Gasteiger partial charge < -0.3 is 5.32 Å². The largest absolute Gasteiger partial charge is 0.352 e. The van der Waals surface area contributed by atoms with Crippen LogP contribution in [0.4, 0.5) is 8.78 Å². The lowest BCUT2D eigenvalue weighted by Crippen LogP contribution is -2.27. The van der Waals surface area contributed by atoms with E-state index in [2.05, 4.69) is 20.6 Å². The molecule has 30 heavy (non-hydrogen) atoms. The number of carbonyl (C=O) groups excluding carboxylic acids is 1. The standard InChI is InChI=1S/C20H14ClF2N5O2/c21-15-7-14(23)6-3-12(15)10-24-19(29)9-18-25-26-20(30)17-8-16(27-28(17)18)11-1-4-13(22)5-2-11/h1-8H,9-10H2,(H,24,29)(H,26,30). The summed E-state index contributed by atoms with van der Waals surface area (Å²) in [4.78, 5) is 24.5. The Morgan fingerprint density at radius 1 is 1.10 bits per heavy atom. The topological polar surface area (TPSA) is 92.2 Å². The summed E-state index contributed by atoms with van der Waals surface area (Å²) in [5.74, 6) is -1.04. The molecule has 0 aliphatic rings. The van der Waals surface area contributed by atoms with Crippen molar-refractivity contribution in [3.8, 4) is 11.3 Å². The highest BCUT2D eigenvalue weighted by Gasteiger charge is 2.15. The van der Waals surface area contributed by atoms with Crippen LogP contribution in [0.3, 0.4) is 0 Å². The highest BCUT2D eigenvalue weighted by molar-refractivity contribution is 6.31. The van der Waals surface area contributed by atoms with Gasteiger partial charge in [0.15, 0.2) is 5.82 Å². The zero-order valence-corrected chi connectivity index (χ0v) is 16.1. The third kappa shape index (κ3) is 4.06. The van der Waals surface area contributed by atoms with Gasteiger partial charge in [-0.25, -0.2) is 18.4 Å². The Kier molecular flexibility index (Phi) is 5.28. The van der Waals surface area contributed by atoms with Crippen LogP contribution in [0.1, 0.15) is 11.4 Å². The molecule has 2 N–H and O–H groups in total. The number of rotatable bonds is 5. The van der Waals surface area contributed by atoms with E-state index >= 15 is 0 Å². The van der Waals surface area contributed by atoms with Gasteiger partial charge in [0.2, 0.25) is 5.91 Å². The van der Waals surface area contributed by atoms with Gasteiger partial charge in [-0.3, -0.25) is 9.59 Å². The zero-order chi connectivity index (χ0) is 21.3. The summed E-state index contributed by atoms with van der Waals surface area (Å²) in [6.07, 6.45) is -0.170. The molecule has 7 nitrogen and oxygen atoms in total. The second kappa shape index (κ2) is 8.03. The van der Waals surface area contributed by atoms with Crippen LogP contribution in [0.5, 0.6) is 0 Å². The zero-order valence-electron chi connectivity index (χ0n) is 15.3. The molecule has 2 aromatic heterocycles. The number of hydrogen-bond acceptors (Lipinski definition) is 4. The fourth-order valence-corrected chi connectivity index (χ4v) is 3.13. The Labute approximate surface area is 173 Å². The molecule has 10 heteroatoms. The molecule has 0 radical (unpaired) electrons.